The number of fused-ring (bicyclic) bond motifs is 1. The van der Waals surface area contributed by atoms with Crippen LogP contribution in [-0.2, 0) is 14.3 Å². The number of anilines is 1. The number of carbonyl (C=O) groups is 1. The first kappa shape index (κ1) is 18.3. The van der Waals surface area contributed by atoms with Gasteiger partial charge in [-0.2, -0.15) is 4.98 Å². The van der Waals surface area contributed by atoms with Gasteiger partial charge in [-0.1, -0.05) is 0 Å². The van der Waals surface area contributed by atoms with Crippen LogP contribution in [0.15, 0.2) is 11.1 Å². The Bertz CT molecular complexity index is 850. The highest BCUT2D eigenvalue weighted by Gasteiger charge is 2.46. The number of ether oxygens (including phenoxy) is 2. The number of aromatic nitrogens is 4. The van der Waals surface area contributed by atoms with Gasteiger partial charge < -0.3 is 30.7 Å². The summed E-state index contributed by atoms with van der Waals surface area (Å²) in [5, 5.41) is 22.2. The molecule has 4 atom stereocenters. The van der Waals surface area contributed by atoms with Crippen LogP contribution in [0.4, 0.5) is 5.95 Å². The zero-order chi connectivity index (χ0) is 18.8. The molecule has 1 aliphatic rings. The Kier molecular flexibility index (Phi) is 5.18. The van der Waals surface area contributed by atoms with E-state index in [4.69, 9.17) is 15.2 Å². The van der Waals surface area contributed by atoms with Gasteiger partial charge in [-0.05, 0) is 0 Å². The van der Waals surface area contributed by atoms with Gasteiger partial charge in [0, 0.05) is 13.5 Å². The minimum absolute atomic E-state index is 0.0299. The Hall–Kier alpha value is -2.54. The SMILES string of the molecule is CNC(=O)CCO[C@H]1C(O)[C@@H](CO)O[C@H]1n1cnc2c(=O)[nH]c(N)nc21. The normalized spacial score (nSPS) is 25.7. The number of carbonyl (C=O) groups excluding carboxylic acids is 1. The second-order valence-electron chi connectivity index (χ2n) is 5.77. The molecule has 12 heteroatoms. The first-order chi connectivity index (χ1) is 12.5. The zero-order valence-corrected chi connectivity index (χ0v) is 14.0. The number of H-pyrrole nitrogens is 1. The van der Waals surface area contributed by atoms with E-state index in [-0.39, 0.29) is 36.0 Å². The molecule has 26 heavy (non-hydrogen) atoms. The molecule has 1 saturated heterocycles. The summed E-state index contributed by atoms with van der Waals surface area (Å²) < 4.78 is 12.7. The predicted molar refractivity (Wildman–Crippen MR) is 88.0 cm³/mol. The molecule has 1 aliphatic heterocycles. The lowest BCUT2D eigenvalue weighted by molar-refractivity contribution is -0.123. The van der Waals surface area contributed by atoms with E-state index in [1.165, 1.54) is 17.9 Å². The molecule has 3 rings (SSSR count). The molecule has 142 valence electrons. The van der Waals surface area contributed by atoms with Gasteiger partial charge in [0.25, 0.3) is 5.56 Å². The summed E-state index contributed by atoms with van der Waals surface area (Å²) >= 11 is 0. The van der Waals surface area contributed by atoms with Crippen molar-refractivity contribution in [1.82, 2.24) is 24.8 Å². The molecule has 12 nitrogen and oxygen atoms in total. The van der Waals surface area contributed by atoms with Crippen molar-refractivity contribution in [2.24, 2.45) is 0 Å². The highest BCUT2D eigenvalue weighted by molar-refractivity contribution is 5.75. The van der Waals surface area contributed by atoms with Crippen LogP contribution in [0.5, 0.6) is 0 Å². The molecule has 0 bridgehead atoms. The van der Waals surface area contributed by atoms with Crippen molar-refractivity contribution in [3.05, 3.63) is 16.7 Å². The summed E-state index contributed by atoms with van der Waals surface area (Å²) in [6.07, 6.45) is -2.46. The van der Waals surface area contributed by atoms with Crippen LogP contribution < -0.4 is 16.6 Å². The number of imidazole rings is 1. The number of hydrogen-bond donors (Lipinski definition) is 5. The van der Waals surface area contributed by atoms with Crippen LogP contribution in [0, 0.1) is 0 Å². The molecule has 0 saturated carbocycles. The van der Waals surface area contributed by atoms with Crippen LogP contribution >= 0.6 is 0 Å². The summed E-state index contributed by atoms with van der Waals surface area (Å²) in [5.41, 5.74) is 5.27. The number of nitrogens with one attached hydrogen (secondary N) is 2. The first-order valence-electron chi connectivity index (χ1n) is 7.95. The fourth-order valence-corrected chi connectivity index (χ4v) is 2.82. The van der Waals surface area contributed by atoms with Crippen LogP contribution in [0.2, 0.25) is 0 Å². The topological polar surface area (TPSA) is 178 Å². The lowest BCUT2D eigenvalue weighted by atomic mass is 10.1. The fraction of sp³-hybridized carbons (Fsp3) is 0.571. The monoisotopic (exact) mass is 368 g/mol. The van der Waals surface area contributed by atoms with Crippen molar-refractivity contribution < 1.29 is 24.5 Å². The van der Waals surface area contributed by atoms with Crippen molar-refractivity contribution in [3.63, 3.8) is 0 Å². The Morgan fingerprint density at radius 2 is 2.35 bits per heavy atom. The lowest BCUT2D eigenvalue weighted by Crippen LogP contribution is -2.36. The standard InChI is InChI=1S/C14H20N6O6/c1-16-7(22)2-3-25-10-9(23)6(4-21)26-13(10)20-5-17-8-11(20)18-14(15)19-12(8)24/h5-6,9-10,13,21,23H,2-4H2,1H3,(H,16,22)(H3,15,18,19,24)/t6-,9?,10+,13-/m1/s1. The number of nitrogen functional groups attached to an aromatic ring is 1. The van der Waals surface area contributed by atoms with E-state index in [0.717, 1.165) is 0 Å². The van der Waals surface area contributed by atoms with E-state index in [0.29, 0.717) is 0 Å². The molecule has 0 spiro atoms. The van der Waals surface area contributed by atoms with Crippen molar-refractivity contribution in [2.45, 2.75) is 31.0 Å². The number of amides is 1. The predicted octanol–water partition coefficient (Wildman–Crippen LogP) is -2.53. The van der Waals surface area contributed by atoms with E-state index in [1.54, 1.807) is 0 Å². The van der Waals surface area contributed by atoms with Gasteiger partial charge in [-0.15, -0.1) is 0 Å². The average molecular weight is 368 g/mol. The summed E-state index contributed by atoms with van der Waals surface area (Å²) in [5.74, 6) is -0.318. The Labute approximate surface area is 146 Å². The maximum absolute atomic E-state index is 11.9. The summed E-state index contributed by atoms with van der Waals surface area (Å²) in [6, 6.07) is 0. The second-order valence-corrected chi connectivity index (χ2v) is 5.77. The minimum Gasteiger partial charge on any atom is -0.394 e. The number of aromatic amines is 1. The molecule has 1 amide bonds. The molecular formula is C14H20N6O6. The van der Waals surface area contributed by atoms with Crippen LogP contribution in [0.3, 0.4) is 0 Å². The van der Waals surface area contributed by atoms with E-state index in [9.17, 15) is 19.8 Å². The Morgan fingerprint density at radius 1 is 1.58 bits per heavy atom. The number of nitrogens with zero attached hydrogens (tertiary/aromatic N) is 3. The van der Waals surface area contributed by atoms with Crippen molar-refractivity contribution in [1.29, 1.82) is 0 Å². The lowest BCUT2D eigenvalue weighted by Gasteiger charge is -2.22. The largest absolute Gasteiger partial charge is 0.394 e. The molecule has 0 aliphatic carbocycles. The van der Waals surface area contributed by atoms with Gasteiger partial charge in [-0.25, -0.2) is 4.98 Å². The maximum Gasteiger partial charge on any atom is 0.280 e. The number of rotatable bonds is 6. The smallest absolute Gasteiger partial charge is 0.280 e. The quantitative estimate of drug-likeness (QED) is 0.368. The molecule has 2 aromatic heterocycles. The van der Waals surface area contributed by atoms with Crippen LogP contribution in [-0.4, -0.2) is 74.2 Å². The van der Waals surface area contributed by atoms with E-state index in [2.05, 4.69) is 20.3 Å². The van der Waals surface area contributed by atoms with Crippen LogP contribution in [0.25, 0.3) is 11.2 Å². The summed E-state index contributed by atoms with van der Waals surface area (Å²) in [6.45, 7) is -0.405. The van der Waals surface area contributed by atoms with E-state index < -0.39 is 36.7 Å². The van der Waals surface area contributed by atoms with Gasteiger partial charge in [0.05, 0.1) is 19.5 Å². The third-order valence-corrected chi connectivity index (χ3v) is 4.14. The zero-order valence-electron chi connectivity index (χ0n) is 14.0. The Balaban J connectivity index is 1.90. The second kappa shape index (κ2) is 7.37. The van der Waals surface area contributed by atoms with Crippen molar-refractivity contribution in [2.75, 3.05) is 26.0 Å². The van der Waals surface area contributed by atoms with Crippen molar-refractivity contribution >= 4 is 23.0 Å². The molecule has 0 aromatic carbocycles. The summed E-state index contributed by atoms with van der Waals surface area (Å²) in [7, 11) is 1.51. The highest BCUT2D eigenvalue weighted by Crippen LogP contribution is 2.33. The fourth-order valence-electron chi connectivity index (χ4n) is 2.82. The van der Waals surface area contributed by atoms with Gasteiger partial charge in [0.1, 0.15) is 18.3 Å². The number of aliphatic hydroxyl groups excluding tert-OH is 2. The molecule has 1 unspecified atom stereocenters. The van der Waals surface area contributed by atoms with E-state index in [1.807, 2.05) is 0 Å². The number of nitrogens with two attached hydrogens (primary N) is 1. The molecular weight excluding hydrogens is 348 g/mol. The molecule has 2 aromatic rings. The average Bonchev–Trinajstić information content (AvgIpc) is 3.16. The minimum atomic E-state index is -1.15. The maximum atomic E-state index is 11.9. The van der Waals surface area contributed by atoms with Crippen molar-refractivity contribution in [3.8, 4) is 0 Å². The van der Waals surface area contributed by atoms with Gasteiger partial charge >= 0.3 is 0 Å². The highest BCUT2D eigenvalue weighted by atomic mass is 16.6. The van der Waals surface area contributed by atoms with Crippen LogP contribution in [0.1, 0.15) is 12.6 Å². The molecule has 1 fully saturated rings. The third-order valence-electron chi connectivity index (χ3n) is 4.14. The van der Waals surface area contributed by atoms with Gasteiger partial charge in [0.15, 0.2) is 17.4 Å². The Morgan fingerprint density at radius 3 is 3.04 bits per heavy atom. The molecule has 6 N–H and O–H groups in total. The van der Waals surface area contributed by atoms with Gasteiger partial charge in [-0.3, -0.25) is 19.1 Å². The van der Waals surface area contributed by atoms with E-state index >= 15 is 0 Å². The third kappa shape index (κ3) is 3.26. The summed E-state index contributed by atoms with van der Waals surface area (Å²) in [4.78, 5) is 33.6. The first-order valence-corrected chi connectivity index (χ1v) is 7.95. The van der Waals surface area contributed by atoms with Gasteiger partial charge in [0.2, 0.25) is 11.9 Å². The molecule has 3 heterocycles. The number of aliphatic hydroxyl groups is 2. The molecule has 0 radical (unpaired) electrons. The number of hydrogen-bond acceptors (Lipinski definition) is 9.